The van der Waals surface area contributed by atoms with Gasteiger partial charge in [-0.15, -0.1) is 11.8 Å². The first-order valence-corrected chi connectivity index (χ1v) is 5.01. The second-order valence-corrected chi connectivity index (χ2v) is 4.72. The van der Waals surface area contributed by atoms with Crippen LogP contribution >= 0.6 is 23.4 Å². The number of aromatic nitrogens is 2. The summed E-state index contributed by atoms with van der Waals surface area (Å²) in [5, 5.41) is 1.80. The molecule has 4 heteroatoms. The Hall–Kier alpha value is -0.280. The average Bonchev–Trinajstić information content (AvgIpc) is 1.81. The highest BCUT2D eigenvalue weighted by molar-refractivity contribution is 7.99. The van der Waals surface area contributed by atoms with Crippen molar-refractivity contribution < 1.29 is 0 Å². The van der Waals surface area contributed by atoms with Gasteiger partial charge in [0.2, 0.25) is 5.28 Å². The molecule has 0 radical (unpaired) electrons. The molecule has 0 aromatic carbocycles. The van der Waals surface area contributed by atoms with Crippen molar-refractivity contribution in [1.82, 2.24) is 9.97 Å². The summed E-state index contributed by atoms with van der Waals surface area (Å²) in [5.74, 6) is 0. The number of halogens is 1. The molecule has 12 heavy (non-hydrogen) atoms. The molecule has 0 aliphatic rings. The van der Waals surface area contributed by atoms with Gasteiger partial charge < -0.3 is 0 Å². The minimum atomic E-state index is 0.332. The first-order chi connectivity index (χ1) is 5.58. The predicted octanol–water partition coefficient (Wildman–Crippen LogP) is 2.94. The number of hydrogen-bond acceptors (Lipinski definition) is 3. The third-order valence-corrected chi connectivity index (χ3v) is 2.25. The Balaban J connectivity index is 2.85. The molecule has 1 heterocycles. The maximum Gasteiger partial charge on any atom is 0.223 e. The van der Waals surface area contributed by atoms with Gasteiger partial charge in [0.1, 0.15) is 5.03 Å². The molecule has 0 fully saturated rings. The van der Waals surface area contributed by atoms with E-state index in [4.69, 9.17) is 11.6 Å². The fourth-order valence-electron chi connectivity index (χ4n) is 0.807. The molecule has 0 aliphatic heterocycles. The van der Waals surface area contributed by atoms with Crippen LogP contribution in [-0.2, 0) is 0 Å². The smallest absolute Gasteiger partial charge is 0.223 e. The molecular weight excluding hydrogens is 192 g/mol. The van der Waals surface area contributed by atoms with Crippen LogP contribution in [0.1, 0.15) is 19.5 Å². The van der Waals surface area contributed by atoms with Gasteiger partial charge >= 0.3 is 0 Å². The van der Waals surface area contributed by atoms with Crippen molar-refractivity contribution in [1.29, 1.82) is 0 Å². The topological polar surface area (TPSA) is 25.8 Å². The highest BCUT2D eigenvalue weighted by Crippen LogP contribution is 2.21. The minimum Gasteiger partial charge on any atom is -0.223 e. The van der Waals surface area contributed by atoms with Gasteiger partial charge in [-0.25, -0.2) is 9.97 Å². The predicted molar refractivity (Wildman–Crippen MR) is 52.8 cm³/mol. The first-order valence-electron chi connectivity index (χ1n) is 3.76. The van der Waals surface area contributed by atoms with Gasteiger partial charge in [-0.1, -0.05) is 13.8 Å². The highest BCUT2D eigenvalue weighted by atomic mass is 35.5. The third-order valence-electron chi connectivity index (χ3n) is 1.16. The molecule has 2 nitrogen and oxygen atoms in total. The number of thioether (sulfide) groups is 1. The fourth-order valence-corrected chi connectivity index (χ4v) is 1.94. The van der Waals surface area contributed by atoms with Gasteiger partial charge in [0, 0.05) is 10.9 Å². The average molecular weight is 203 g/mol. The molecule has 0 amide bonds. The van der Waals surface area contributed by atoms with Crippen molar-refractivity contribution >= 4 is 23.4 Å². The lowest BCUT2D eigenvalue weighted by Gasteiger charge is -2.04. The molecule has 0 saturated heterocycles. The largest absolute Gasteiger partial charge is 0.223 e. The molecule has 0 N–H and O–H groups in total. The van der Waals surface area contributed by atoms with Crippen LogP contribution in [0.25, 0.3) is 0 Å². The van der Waals surface area contributed by atoms with Crippen LogP contribution in [0.3, 0.4) is 0 Å². The van der Waals surface area contributed by atoms with Gasteiger partial charge in [0.05, 0.1) is 0 Å². The summed E-state index contributed by atoms with van der Waals surface area (Å²) >= 11 is 7.39. The molecule has 1 rings (SSSR count). The maximum absolute atomic E-state index is 5.70. The second kappa shape index (κ2) is 4.10. The molecule has 0 aliphatic carbocycles. The van der Waals surface area contributed by atoms with E-state index in [9.17, 15) is 0 Å². The summed E-state index contributed by atoms with van der Waals surface area (Å²) < 4.78 is 0. The van der Waals surface area contributed by atoms with Crippen LogP contribution in [0, 0.1) is 6.92 Å². The summed E-state index contributed by atoms with van der Waals surface area (Å²) in [6.45, 7) is 6.16. The van der Waals surface area contributed by atoms with Crippen LogP contribution in [0.2, 0.25) is 5.28 Å². The number of hydrogen-bond donors (Lipinski definition) is 0. The standard InChI is InChI=1S/C8H11ClN2S/c1-5(2)12-7-4-6(3)10-8(9)11-7/h4-5H,1-3H3. The molecule has 0 atom stereocenters. The van der Waals surface area contributed by atoms with E-state index in [0.717, 1.165) is 10.7 Å². The zero-order valence-corrected chi connectivity index (χ0v) is 8.91. The van der Waals surface area contributed by atoms with Crippen LogP contribution in [-0.4, -0.2) is 15.2 Å². The number of rotatable bonds is 2. The van der Waals surface area contributed by atoms with Crippen molar-refractivity contribution in [2.24, 2.45) is 0 Å². The Morgan fingerprint density at radius 2 is 2.08 bits per heavy atom. The van der Waals surface area contributed by atoms with Crippen LogP contribution in [0.5, 0.6) is 0 Å². The van der Waals surface area contributed by atoms with Crippen molar-refractivity contribution in [3.63, 3.8) is 0 Å². The lowest BCUT2D eigenvalue weighted by atomic mass is 10.5. The van der Waals surface area contributed by atoms with Crippen LogP contribution in [0.15, 0.2) is 11.1 Å². The Labute approximate surface area is 81.8 Å². The Kier molecular flexibility index (Phi) is 3.35. The van der Waals surface area contributed by atoms with E-state index in [-0.39, 0.29) is 0 Å². The Morgan fingerprint density at radius 1 is 1.42 bits per heavy atom. The highest BCUT2D eigenvalue weighted by Gasteiger charge is 2.02. The van der Waals surface area contributed by atoms with E-state index in [2.05, 4.69) is 23.8 Å². The van der Waals surface area contributed by atoms with Crippen molar-refractivity contribution in [2.45, 2.75) is 31.0 Å². The van der Waals surface area contributed by atoms with Gasteiger partial charge in [-0.05, 0) is 24.6 Å². The quantitative estimate of drug-likeness (QED) is 0.419. The summed E-state index contributed by atoms with van der Waals surface area (Å²) in [5.41, 5.74) is 0.915. The summed E-state index contributed by atoms with van der Waals surface area (Å²) in [7, 11) is 0. The molecule has 0 bridgehead atoms. The molecule has 66 valence electrons. The Morgan fingerprint density at radius 3 is 2.58 bits per heavy atom. The zero-order chi connectivity index (χ0) is 9.14. The van der Waals surface area contributed by atoms with Gasteiger partial charge in [0.15, 0.2) is 0 Å². The summed E-state index contributed by atoms with van der Waals surface area (Å²) in [6, 6.07) is 1.94. The lowest BCUT2D eigenvalue weighted by Crippen LogP contribution is -1.92. The van der Waals surface area contributed by atoms with E-state index >= 15 is 0 Å². The molecule has 1 aromatic rings. The SMILES string of the molecule is Cc1cc(SC(C)C)nc(Cl)n1. The van der Waals surface area contributed by atoms with E-state index in [1.54, 1.807) is 11.8 Å². The van der Waals surface area contributed by atoms with E-state index in [1.807, 2.05) is 13.0 Å². The Bertz CT molecular complexity index is 256. The monoisotopic (exact) mass is 202 g/mol. The van der Waals surface area contributed by atoms with Crippen molar-refractivity contribution in [3.8, 4) is 0 Å². The van der Waals surface area contributed by atoms with Gasteiger partial charge in [0.25, 0.3) is 0 Å². The normalized spacial score (nSPS) is 10.8. The number of aryl methyl sites for hydroxylation is 1. The van der Waals surface area contributed by atoms with E-state index in [1.165, 1.54) is 0 Å². The molecule has 0 unspecified atom stereocenters. The fraction of sp³-hybridized carbons (Fsp3) is 0.500. The maximum atomic E-state index is 5.70. The van der Waals surface area contributed by atoms with E-state index < -0.39 is 0 Å². The summed E-state index contributed by atoms with van der Waals surface area (Å²) in [4.78, 5) is 8.07. The van der Waals surface area contributed by atoms with E-state index in [0.29, 0.717) is 10.5 Å². The zero-order valence-electron chi connectivity index (χ0n) is 7.34. The van der Waals surface area contributed by atoms with Crippen LogP contribution < -0.4 is 0 Å². The first kappa shape index (κ1) is 9.81. The van der Waals surface area contributed by atoms with Gasteiger partial charge in [-0.2, -0.15) is 0 Å². The van der Waals surface area contributed by atoms with Crippen molar-refractivity contribution in [3.05, 3.63) is 17.0 Å². The lowest BCUT2D eigenvalue weighted by molar-refractivity contribution is 0.995. The van der Waals surface area contributed by atoms with Crippen molar-refractivity contribution in [2.75, 3.05) is 0 Å². The second-order valence-electron chi connectivity index (χ2n) is 2.78. The molecular formula is C8H11ClN2S. The minimum absolute atomic E-state index is 0.332. The third kappa shape index (κ3) is 2.99. The van der Waals surface area contributed by atoms with Gasteiger partial charge in [-0.3, -0.25) is 0 Å². The summed E-state index contributed by atoms with van der Waals surface area (Å²) in [6.07, 6.45) is 0. The number of nitrogens with zero attached hydrogens (tertiary/aromatic N) is 2. The molecule has 1 aromatic heterocycles. The molecule has 0 spiro atoms. The molecule has 0 saturated carbocycles. The van der Waals surface area contributed by atoms with Crippen LogP contribution in [0.4, 0.5) is 0 Å².